The molecule has 0 spiro atoms. The molecule has 46 heavy (non-hydrogen) atoms. The van der Waals surface area contributed by atoms with Gasteiger partial charge in [-0.25, -0.2) is 9.36 Å². The molecular formula is C31H56N5O9P. The van der Waals surface area contributed by atoms with E-state index in [1.165, 1.54) is 94.7 Å². The van der Waals surface area contributed by atoms with Gasteiger partial charge in [-0.15, -0.1) is 0 Å². The number of aromatic nitrogens is 2. The molecule has 2 N–H and O–H groups in total. The number of H-pyrrole nitrogens is 1. The van der Waals surface area contributed by atoms with Gasteiger partial charge in [-0.05, 0) is 25.8 Å². The van der Waals surface area contributed by atoms with Gasteiger partial charge in [-0.1, -0.05) is 95.5 Å². The Balaban J connectivity index is 1.63. The van der Waals surface area contributed by atoms with E-state index >= 15 is 0 Å². The zero-order chi connectivity index (χ0) is 33.6. The average molecular weight is 674 g/mol. The second kappa shape index (κ2) is 23.3. The second-order valence-corrected chi connectivity index (χ2v) is 13.4. The van der Waals surface area contributed by atoms with E-state index in [1.807, 2.05) is 6.92 Å². The van der Waals surface area contributed by atoms with Crippen LogP contribution in [-0.4, -0.2) is 65.7 Å². The van der Waals surface area contributed by atoms with E-state index in [0.717, 1.165) is 12.8 Å². The molecule has 14 nitrogen and oxygen atoms in total. The standard InChI is InChI=1S/C31H56N5O9P/c1-4-6-7-8-9-10-11-12-13-14-15-16-17-18-19-41-22-26(42-5-2)23-43-46(39,40)44-24-28-27(34-35-32)20-29(45-28)36-21-25(3)30(37)33-31(36)38/h21,26-29H,4-20,22-24H2,1-3H3,(H,39,40)(H,33,37,38)/t26?,27?,28-,29-/m1/s1. The fourth-order valence-electron chi connectivity index (χ4n) is 5.40. The van der Waals surface area contributed by atoms with E-state index in [1.54, 1.807) is 0 Å². The SMILES string of the molecule is CCCCCCCCCCCCCCCCOCC(COP(=O)(O)OC[C@H]1O[C@@H](n2cc(C)c(=O)[nH]c2=O)CC1N=[N+]=[N-])OCC. The Morgan fingerprint density at radius 1 is 1.02 bits per heavy atom. The van der Waals surface area contributed by atoms with Crippen molar-refractivity contribution in [1.29, 1.82) is 0 Å². The molecule has 0 aliphatic carbocycles. The number of rotatable bonds is 27. The summed E-state index contributed by atoms with van der Waals surface area (Å²) in [5.74, 6) is 0. The predicted molar refractivity (Wildman–Crippen MR) is 176 cm³/mol. The van der Waals surface area contributed by atoms with Crippen molar-refractivity contribution in [3.63, 3.8) is 0 Å². The Bertz CT molecular complexity index is 1190. The summed E-state index contributed by atoms with van der Waals surface area (Å²) in [6, 6.07) is -0.784. The van der Waals surface area contributed by atoms with Gasteiger partial charge < -0.3 is 19.1 Å². The number of aryl methyl sites for hydroxylation is 1. The van der Waals surface area contributed by atoms with Crippen LogP contribution in [0.5, 0.6) is 0 Å². The van der Waals surface area contributed by atoms with Crippen LogP contribution in [0.3, 0.4) is 0 Å². The normalized spacial score (nSPS) is 20.0. The third-order valence-corrected chi connectivity index (χ3v) is 8.98. The third-order valence-electron chi connectivity index (χ3n) is 8.03. The van der Waals surface area contributed by atoms with Crippen molar-refractivity contribution in [2.75, 3.05) is 33.0 Å². The van der Waals surface area contributed by atoms with Crippen LogP contribution in [0.15, 0.2) is 20.9 Å². The van der Waals surface area contributed by atoms with Crippen molar-refractivity contribution in [2.45, 2.75) is 142 Å². The van der Waals surface area contributed by atoms with Crippen LogP contribution in [-0.2, 0) is 27.8 Å². The number of hydrogen-bond acceptors (Lipinski definition) is 9. The number of hydrogen-bond donors (Lipinski definition) is 2. The van der Waals surface area contributed by atoms with Crippen LogP contribution in [0.1, 0.15) is 122 Å². The first-order valence-electron chi connectivity index (χ1n) is 17.0. The number of nitrogens with one attached hydrogen (secondary N) is 1. The molecule has 0 bridgehead atoms. The van der Waals surface area contributed by atoms with Crippen LogP contribution in [0.2, 0.25) is 0 Å². The van der Waals surface area contributed by atoms with Crippen molar-refractivity contribution in [2.24, 2.45) is 5.11 Å². The number of nitrogens with zero attached hydrogens (tertiary/aromatic N) is 4. The first-order valence-corrected chi connectivity index (χ1v) is 18.5. The minimum atomic E-state index is -4.53. The fourth-order valence-corrected chi connectivity index (χ4v) is 6.16. The summed E-state index contributed by atoms with van der Waals surface area (Å²) in [5, 5.41) is 3.68. The molecule has 1 aromatic heterocycles. The van der Waals surface area contributed by atoms with E-state index in [4.69, 9.17) is 28.8 Å². The topological polar surface area (TPSA) is 187 Å². The van der Waals surface area contributed by atoms with E-state index in [9.17, 15) is 19.0 Å². The molecule has 1 aromatic rings. The van der Waals surface area contributed by atoms with Crippen LogP contribution in [0.4, 0.5) is 0 Å². The summed E-state index contributed by atoms with van der Waals surface area (Å²) in [6.45, 7) is 6.12. The van der Waals surface area contributed by atoms with Gasteiger partial charge in [0.2, 0.25) is 0 Å². The van der Waals surface area contributed by atoms with Gasteiger partial charge in [0.15, 0.2) is 0 Å². The Morgan fingerprint density at radius 3 is 2.22 bits per heavy atom. The Morgan fingerprint density at radius 2 is 1.63 bits per heavy atom. The number of unbranched alkanes of at least 4 members (excludes halogenated alkanes) is 13. The van der Waals surface area contributed by atoms with Gasteiger partial charge in [0, 0.05) is 36.3 Å². The highest BCUT2D eigenvalue weighted by molar-refractivity contribution is 7.47. The molecule has 2 heterocycles. The second-order valence-electron chi connectivity index (χ2n) is 11.9. The highest BCUT2D eigenvalue weighted by Gasteiger charge is 2.38. The van der Waals surface area contributed by atoms with E-state index in [2.05, 4.69) is 21.9 Å². The molecule has 0 amide bonds. The van der Waals surface area contributed by atoms with E-state index in [-0.39, 0.29) is 19.6 Å². The molecule has 1 aliphatic heterocycles. The van der Waals surface area contributed by atoms with Crippen LogP contribution < -0.4 is 11.2 Å². The van der Waals surface area contributed by atoms with Crippen LogP contribution in [0, 0.1) is 6.92 Å². The molecule has 1 saturated heterocycles. The molecule has 1 fully saturated rings. The third kappa shape index (κ3) is 16.2. The number of azide groups is 1. The van der Waals surface area contributed by atoms with Gasteiger partial charge in [-0.3, -0.25) is 23.4 Å². The van der Waals surface area contributed by atoms with Gasteiger partial charge in [0.05, 0.1) is 32.0 Å². The first-order chi connectivity index (χ1) is 22.2. The Hall–Kier alpha value is -2.02. The van der Waals surface area contributed by atoms with E-state index < -0.39 is 50.2 Å². The molecular weight excluding hydrogens is 617 g/mol. The van der Waals surface area contributed by atoms with Crippen molar-refractivity contribution < 1.29 is 32.7 Å². The lowest BCUT2D eigenvalue weighted by Crippen LogP contribution is -2.33. The maximum absolute atomic E-state index is 12.6. The molecule has 3 unspecified atom stereocenters. The predicted octanol–water partition coefficient (Wildman–Crippen LogP) is 6.85. The quantitative estimate of drug-likeness (QED) is 0.0331. The Labute approximate surface area is 272 Å². The summed E-state index contributed by atoms with van der Waals surface area (Å²) in [7, 11) is -4.53. The average Bonchev–Trinajstić information content (AvgIpc) is 3.43. The molecule has 0 saturated carbocycles. The molecule has 0 radical (unpaired) electrons. The molecule has 1 aliphatic rings. The fraction of sp³-hybridized carbons (Fsp3) is 0.871. The number of aromatic amines is 1. The lowest BCUT2D eigenvalue weighted by Gasteiger charge is -2.21. The van der Waals surface area contributed by atoms with Crippen LogP contribution >= 0.6 is 7.82 Å². The van der Waals surface area contributed by atoms with Gasteiger partial charge >= 0.3 is 13.5 Å². The largest absolute Gasteiger partial charge is 0.472 e. The van der Waals surface area contributed by atoms with E-state index in [0.29, 0.717) is 18.8 Å². The summed E-state index contributed by atoms with van der Waals surface area (Å²) in [4.78, 5) is 39.2. The van der Waals surface area contributed by atoms with Crippen molar-refractivity contribution in [3.8, 4) is 0 Å². The number of phosphoric ester groups is 1. The maximum atomic E-state index is 12.6. The summed E-state index contributed by atoms with van der Waals surface area (Å²) >= 11 is 0. The molecule has 0 aromatic carbocycles. The highest BCUT2D eigenvalue weighted by atomic mass is 31.2. The van der Waals surface area contributed by atoms with Gasteiger partial charge in [-0.2, -0.15) is 0 Å². The zero-order valence-electron chi connectivity index (χ0n) is 28.0. The van der Waals surface area contributed by atoms with Crippen LogP contribution in [0.25, 0.3) is 10.4 Å². The van der Waals surface area contributed by atoms with Crippen molar-refractivity contribution in [1.82, 2.24) is 9.55 Å². The Kier molecular flexibility index (Phi) is 20.4. The monoisotopic (exact) mass is 673 g/mol. The summed E-state index contributed by atoms with van der Waals surface area (Å²) < 4.78 is 41.3. The molecule has 264 valence electrons. The summed E-state index contributed by atoms with van der Waals surface area (Å²) in [5.41, 5.74) is 8.05. The van der Waals surface area contributed by atoms with Crippen molar-refractivity contribution in [3.05, 3.63) is 43.0 Å². The lowest BCUT2D eigenvalue weighted by atomic mass is 10.0. The molecule has 2 rings (SSSR count). The smallest absolute Gasteiger partial charge is 0.379 e. The van der Waals surface area contributed by atoms with Gasteiger partial charge in [0.25, 0.3) is 5.56 Å². The number of phosphoric acid groups is 1. The molecule has 15 heteroatoms. The number of ether oxygens (including phenoxy) is 3. The highest BCUT2D eigenvalue weighted by Crippen LogP contribution is 2.44. The summed E-state index contributed by atoms with van der Waals surface area (Å²) in [6.07, 6.45) is 17.1. The minimum absolute atomic E-state index is 0.100. The van der Waals surface area contributed by atoms with Gasteiger partial charge in [0.1, 0.15) is 12.3 Å². The maximum Gasteiger partial charge on any atom is 0.472 e. The lowest BCUT2D eigenvalue weighted by molar-refractivity contribution is -0.0468. The van der Waals surface area contributed by atoms with Crippen molar-refractivity contribution >= 4 is 7.82 Å². The first kappa shape index (κ1) is 40.2. The molecule has 5 atom stereocenters. The minimum Gasteiger partial charge on any atom is -0.379 e. The zero-order valence-corrected chi connectivity index (χ0v) is 28.9.